The van der Waals surface area contributed by atoms with Gasteiger partial charge in [-0.15, -0.1) is 6.42 Å². The van der Waals surface area contributed by atoms with Crippen LogP contribution in [0.5, 0.6) is 0 Å². The number of halogens is 1. The van der Waals surface area contributed by atoms with Gasteiger partial charge in [-0.3, -0.25) is 4.79 Å². The van der Waals surface area contributed by atoms with Crippen molar-refractivity contribution in [3.63, 3.8) is 0 Å². The molecule has 162 valence electrons. The highest BCUT2D eigenvalue weighted by Crippen LogP contribution is 2.31. The summed E-state index contributed by atoms with van der Waals surface area (Å²) in [7, 11) is 0. The summed E-state index contributed by atoms with van der Waals surface area (Å²) in [5.74, 6) is 3.07. The van der Waals surface area contributed by atoms with Gasteiger partial charge in [-0.25, -0.2) is 4.39 Å². The van der Waals surface area contributed by atoms with E-state index >= 15 is 0 Å². The molecular formula is C24H21FN4O3. The monoisotopic (exact) mass is 432 g/mol. The molecule has 0 radical (unpaired) electrons. The quantitative estimate of drug-likeness (QED) is 0.551. The topological polar surface area (TPSA) is 86.5 Å². The molecule has 32 heavy (non-hydrogen) atoms. The van der Waals surface area contributed by atoms with Gasteiger partial charge in [0.05, 0.1) is 12.8 Å². The van der Waals surface area contributed by atoms with E-state index in [1.165, 1.54) is 18.4 Å². The van der Waals surface area contributed by atoms with E-state index in [1.807, 2.05) is 4.90 Å². The Morgan fingerprint density at radius 3 is 2.66 bits per heavy atom. The molecule has 1 aliphatic rings. The van der Waals surface area contributed by atoms with Crippen molar-refractivity contribution < 1.29 is 18.0 Å². The molecule has 8 heteroatoms. The average molecular weight is 432 g/mol. The van der Waals surface area contributed by atoms with E-state index < -0.39 is 0 Å². The van der Waals surface area contributed by atoms with Crippen molar-refractivity contribution >= 4 is 11.8 Å². The molecule has 0 aliphatic carbocycles. The first-order valence-corrected chi connectivity index (χ1v) is 10.3. The van der Waals surface area contributed by atoms with E-state index in [4.69, 9.17) is 15.3 Å². The van der Waals surface area contributed by atoms with Crippen LogP contribution >= 0.6 is 0 Å². The fourth-order valence-corrected chi connectivity index (χ4v) is 3.82. The molecule has 2 aromatic heterocycles. The van der Waals surface area contributed by atoms with Crippen LogP contribution in [0.3, 0.4) is 0 Å². The fourth-order valence-electron chi connectivity index (χ4n) is 3.82. The second-order valence-corrected chi connectivity index (χ2v) is 7.55. The second kappa shape index (κ2) is 9.40. The van der Waals surface area contributed by atoms with E-state index in [-0.39, 0.29) is 35.8 Å². The van der Waals surface area contributed by atoms with Crippen LogP contribution in [0, 0.1) is 35.4 Å². The number of hydrogen-bond donors (Lipinski definition) is 0. The average Bonchev–Trinajstić information content (AvgIpc) is 3.50. The Balaban J connectivity index is 1.42. The Bertz CT molecular complexity index is 1150. The highest BCUT2D eigenvalue weighted by Gasteiger charge is 2.31. The summed E-state index contributed by atoms with van der Waals surface area (Å²) in [5, 5.41) is 9.46. The Kier molecular flexibility index (Phi) is 6.23. The minimum absolute atomic E-state index is 0.0266. The van der Waals surface area contributed by atoms with E-state index in [2.05, 4.69) is 17.0 Å². The normalized spacial score (nSPS) is 14.0. The van der Waals surface area contributed by atoms with Gasteiger partial charge in [-0.2, -0.15) is 10.2 Å². The zero-order valence-electron chi connectivity index (χ0n) is 17.3. The molecule has 0 unspecified atom stereocenters. The van der Waals surface area contributed by atoms with Crippen LogP contribution in [0.25, 0.3) is 11.7 Å². The van der Waals surface area contributed by atoms with E-state index in [0.717, 1.165) is 5.56 Å². The third-order valence-corrected chi connectivity index (χ3v) is 5.46. The van der Waals surface area contributed by atoms with Gasteiger partial charge in [0.1, 0.15) is 11.9 Å². The molecule has 3 aromatic rings. The number of rotatable bonds is 6. The maximum absolute atomic E-state index is 13.2. The lowest BCUT2D eigenvalue weighted by Crippen LogP contribution is -2.42. The van der Waals surface area contributed by atoms with Crippen molar-refractivity contribution in [2.24, 2.45) is 5.92 Å². The number of hydrogen-bond acceptors (Lipinski definition) is 6. The van der Waals surface area contributed by atoms with E-state index in [1.54, 1.807) is 29.2 Å². The Labute approximate surface area is 185 Å². The summed E-state index contributed by atoms with van der Waals surface area (Å²) in [6, 6.07) is 11.5. The number of anilines is 1. The van der Waals surface area contributed by atoms with Crippen molar-refractivity contribution in [2.45, 2.75) is 19.4 Å². The van der Waals surface area contributed by atoms with Crippen LogP contribution in [0.2, 0.25) is 0 Å². The summed E-state index contributed by atoms with van der Waals surface area (Å²) >= 11 is 0. The van der Waals surface area contributed by atoms with Crippen LogP contribution in [-0.4, -0.2) is 35.4 Å². The summed E-state index contributed by atoms with van der Waals surface area (Å²) in [6.45, 7) is 1.59. The summed E-state index contributed by atoms with van der Waals surface area (Å²) in [6.07, 6.45) is 8.16. The molecule has 0 saturated carbocycles. The highest BCUT2D eigenvalue weighted by atomic mass is 19.1. The minimum atomic E-state index is -0.324. The zero-order chi connectivity index (χ0) is 22.5. The van der Waals surface area contributed by atoms with Crippen molar-refractivity contribution in [2.75, 3.05) is 24.5 Å². The molecule has 1 aromatic carbocycles. The van der Waals surface area contributed by atoms with Crippen molar-refractivity contribution in [1.29, 1.82) is 5.26 Å². The predicted molar refractivity (Wildman–Crippen MR) is 115 cm³/mol. The Hall–Kier alpha value is -4.04. The number of amides is 1. The van der Waals surface area contributed by atoms with Crippen molar-refractivity contribution in [3.8, 4) is 30.1 Å². The standard InChI is InChI=1S/C24H21FN4O3/c1-2-11-29(16-17-5-7-19(25)8-6-17)23(30)18-9-12-28(13-10-18)24-20(15-26)27-22(32-24)21-4-3-14-31-21/h1,3-8,14,18H,9-13,16H2. The number of piperidine rings is 1. The molecule has 4 rings (SSSR count). The third kappa shape index (κ3) is 4.50. The first-order chi connectivity index (χ1) is 15.6. The maximum Gasteiger partial charge on any atom is 0.266 e. The van der Waals surface area contributed by atoms with E-state index in [0.29, 0.717) is 44.1 Å². The molecule has 0 spiro atoms. The molecular weight excluding hydrogens is 411 g/mol. The van der Waals surface area contributed by atoms with Crippen molar-refractivity contribution in [3.05, 3.63) is 59.7 Å². The first-order valence-electron chi connectivity index (χ1n) is 10.3. The van der Waals surface area contributed by atoms with Gasteiger partial charge >= 0.3 is 0 Å². The lowest BCUT2D eigenvalue weighted by Gasteiger charge is -2.33. The van der Waals surface area contributed by atoms with Crippen LogP contribution in [0.4, 0.5) is 10.3 Å². The summed E-state index contributed by atoms with van der Waals surface area (Å²) < 4.78 is 24.3. The van der Waals surface area contributed by atoms with Crippen LogP contribution in [0.15, 0.2) is 51.5 Å². The number of nitriles is 1. The number of furan rings is 1. The van der Waals surface area contributed by atoms with Gasteiger partial charge in [-0.05, 0) is 42.7 Å². The molecule has 1 saturated heterocycles. The number of nitrogens with zero attached hydrogens (tertiary/aromatic N) is 4. The number of oxazole rings is 1. The third-order valence-electron chi connectivity index (χ3n) is 5.46. The van der Waals surface area contributed by atoms with Crippen LogP contribution in [0.1, 0.15) is 24.1 Å². The molecule has 0 atom stereocenters. The number of carbonyl (C=O) groups excluding carboxylic acids is 1. The molecule has 1 aliphatic heterocycles. The van der Waals surface area contributed by atoms with Crippen LogP contribution in [-0.2, 0) is 11.3 Å². The van der Waals surface area contributed by atoms with Crippen LogP contribution < -0.4 is 4.90 Å². The molecule has 0 bridgehead atoms. The molecule has 3 heterocycles. The van der Waals surface area contributed by atoms with E-state index in [9.17, 15) is 14.4 Å². The number of terminal acetylenes is 1. The van der Waals surface area contributed by atoms with Gasteiger partial charge in [-0.1, -0.05) is 18.1 Å². The molecule has 7 nitrogen and oxygen atoms in total. The zero-order valence-corrected chi connectivity index (χ0v) is 17.3. The summed E-state index contributed by atoms with van der Waals surface area (Å²) in [4.78, 5) is 20.9. The summed E-state index contributed by atoms with van der Waals surface area (Å²) in [5.41, 5.74) is 1.00. The van der Waals surface area contributed by atoms with Gasteiger partial charge < -0.3 is 18.6 Å². The molecule has 0 N–H and O–H groups in total. The SMILES string of the molecule is C#CCN(Cc1ccc(F)cc1)C(=O)C1CCN(c2oc(-c3ccco3)nc2C#N)CC1. The van der Waals surface area contributed by atoms with Gasteiger partial charge in [0.2, 0.25) is 17.5 Å². The van der Waals surface area contributed by atoms with Gasteiger partial charge in [0.25, 0.3) is 5.89 Å². The van der Waals surface area contributed by atoms with Gasteiger partial charge in [0, 0.05) is 25.6 Å². The van der Waals surface area contributed by atoms with Gasteiger partial charge in [0.15, 0.2) is 5.76 Å². The number of aromatic nitrogens is 1. The number of benzene rings is 1. The molecule has 1 amide bonds. The smallest absolute Gasteiger partial charge is 0.266 e. The second-order valence-electron chi connectivity index (χ2n) is 7.55. The Morgan fingerprint density at radius 1 is 1.28 bits per heavy atom. The maximum atomic E-state index is 13.2. The Morgan fingerprint density at radius 2 is 2.03 bits per heavy atom. The predicted octanol–water partition coefficient (Wildman–Crippen LogP) is 3.82. The first kappa shape index (κ1) is 21.2. The highest BCUT2D eigenvalue weighted by molar-refractivity contribution is 5.79. The lowest BCUT2D eigenvalue weighted by molar-refractivity contribution is -0.136. The lowest BCUT2D eigenvalue weighted by atomic mass is 9.95. The minimum Gasteiger partial charge on any atom is -0.459 e. The number of carbonyl (C=O) groups is 1. The largest absolute Gasteiger partial charge is 0.459 e. The fraction of sp³-hybridized carbons (Fsp3) is 0.292. The molecule has 1 fully saturated rings. The van der Waals surface area contributed by atoms with Crippen molar-refractivity contribution in [1.82, 2.24) is 9.88 Å².